The summed E-state index contributed by atoms with van der Waals surface area (Å²) >= 11 is 0. The van der Waals surface area contributed by atoms with E-state index in [0.29, 0.717) is 11.6 Å². The van der Waals surface area contributed by atoms with Gasteiger partial charge in [0.2, 0.25) is 0 Å². The number of aromatic nitrogens is 2. The third-order valence-corrected chi connectivity index (χ3v) is 7.81. The van der Waals surface area contributed by atoms with Gasteiger partial charge in [0.05, 0.1) is 11.2 Å². The lowest BCUT2D eigenvalue weighted by Crippen LogP contribution is -2.07. The number of fused-ring (bicyclic) bond motifs is 6. The maximum atomic E-state index is 15.8. The standard InChI is InChI=1S/C32H21FN2/c33-28-18-19(12-15-30(28)35-29-11-4-3-8-23(29)27-16-17-34-32(27)35)20-13-14-26-22-7-2-1-6-21(22)25-10-5-9-24(20)31(25)26/h1-13,15-18,26,34H,14H2. The van der Waals surface area contributed by atoms with E-state index in [1.54, 1.807) is 6.07 Å². The highest BCUT2D eigenvalue weighted by Gasteiger charge is 2.33. The molecule has 2 aliphatic carbocycles. The molecule has 0 radical (unpaired) electrons. The van der Waals surface area contributed by atoms with Crippen LogP contribution in [0.15, 0.2) is 103 Å². The number of para-hydroxylation sites is 1. The lowest BCUT2D eigenvalue weighted by molar-refractivity contribution is 0.620. The number of benzene rings is 4. The zero-order valence-corrected chi connectivity index (χ0v) is 18.9. The first-order valence-electron chi connectivity index (χ1n) is 12.1. The van der Waals surface area contributed by atoms with Gasteiger partial charge in [0.15, 0.2) is 0 Å². The predicted octanol–water partition coefficient (Wildman–Crippen LogP) is 8.20. The molecule has 3 heteroatoms. The second kappa shape index (κ2) is 6.83. The fourth-order valence-electron chi connectivity index (χ4n) is 6.36. The molecule has 0 amide bonds. The highest BCUT2D eigenvalue weighted by molar-refractivity contribution is 6.08. The van der Waals surface area contributed by atoms with Gasteiger partial charge in [-0.05, 0) is 69.6 Å². The number of aromatic amines is 1. The van der Waals surface area contributed by atoms with Crippen molar-refractivity contribution in [3.05, 3.63) is 131 Å². The van der Waals surface area contributed by atoms with Crippen LogP contribution in [0.2, 0.25) is 0 Å². The molecule has 6 aromatic rings. The van der Waals surface area contributed by atoms with E-state index in [4.69, 9.17) is 0 Å². The number of hydrogen-bond acceptors (Lipinski definition) is 0. The fraction of sp³-hybridized carbons (Fsp3) is 0.0625. The van der Waals surface area contributed by atoms with Crippen LogP contribution in [0.25, 0.3) is 44.3 Å². The summed E-state index contributed by atoms with van der Waals surface area (Å²) in [4.78, 5) is 3.31. The molecule has 1 atom stereocenters. The van der Waals surface area contributed by atoms with Crippen molar-refractivity contribution in [2.24, 2.45) is 0 Å². The van der Waals surface area contributed by atoms with Gasteiger partial charge in [-0.2, -0.15) is 0 Å². The van der Waals surface area contributed by atoms with E-state index in [-0.39, 0.29) is 5.82 Å². The first-order chi connectivity index (χ1) is 17.3. The van der Waals surface area contributed by atoms with Gasteiger partial charge in [-0.1, -0.05) is 72.8 Å². The molecule has 35 heavy (non-hydrogen) atoms. The van der Waals surface area contributed by atoms with Crippen molar-refractivity contribution in [2.75, 3.05) is 0 Å². The highest BCUT2D eigenvalue weighted by atomic mass is 19.1. The largest absolute Gasteiger partial charge is 0.347 e. The molecular weight excluding hydrogens is 431 g/mol. The topological polar surface area (TPSA) is 20.7 Å². The van der Waals surface area contributed by atoms with Crippen LogP contribution in [0.5, 0.6) is 0 Å². The SMILES string of the molecule is Fc1cc(C2=CCC3c4ccccc4-c4cccc2c43)ccc1-n1c2ccccc2c2cc[nH]c21. The summed E-state index contributed by atoms with van der Waals surface area (Å²) in [5, 5.41) is 2.22. The Hall–Kier alpha value is -4.37. The van der Waals surface area contributed by atoms with Crippen molar-refractivity contribution >= 4 is 27.5 Å². The number of allylic oxidation sites excluding steroid dienone is 1. The average molecular weight is 453 g/mol. The minimum absolute atomic E-state index is 0.223. The summed E-state index contributed by atoms with van der Waals surface area (Å²) in [7, 11) is 0. The Bertz CT molecular complexity index is 1850. The Morgan fingerprint density at radius 1 is 0.771 bits per heavy atom. The first kappa shape index (κ1) is 19.0. The van der Waals surface area contributed by atoms with Crippen molar-refractivity contribution < 1.29 is 4.39 Å². The minimum atomic E-state index is -0.223. The van der Waals surface area contributed by atoms with Crippen molar-refractivity contribution in [2.45, 2.75) is 12.3 Å². The molecule has 0 bridgehead atoms. The molecule has 4 aromatic carbocycles. The van der Waals surface area contributed by atoms with Crippen molar-refractivity contribution in [3.63, 3.8) is 0 Å². The molecule has 1 N–H and O–H groups in total. The number of H-pyrrole nitrogens is 1. The molecule has 1 unspecified atom stereocenters. The van der Waals surface area contributed by atoms with Crippen LogP contribution in [0.1, 0.15) is 34.6 Å². The fourth-order valence-corrected chi connectivity index (χ4v) is 6.36. The van der Waals surface area contributed by atoms with Gasteiger partial charge >= 0.3 is 0 Å². The van der Waals surface area contributed by atoms with Gasteiger partial charge in [0, 0.05) is 22.9 Å². The van der Waals surface area contributed by atoms with Crippen LogP contribution >= 0.6 is 0 Å². The van der Waals surface area contributed by atoms with Gasteiger partial charge in [-0.15, -0.1) is 0 Å². The van der Waals surface area contributed by atoms with Crippen LogP contribution in [-0.2, 0) is 0 Å². The van der Waals surface area contributed by atoms with Gasteiger partial charge in [-0.3, -0.25) is 4.57 Å². The lowest BCUT2D eigenvalue weighted by atomic mass is 9.80. The van der Waals surface area contributed by atoms with Crippen molar-refractivity contribution in [3.8, 4) is 16.8 Å². The molecule has 0 fully saturated rings. The normalized spacial score (nSPS) is 15.9. The van der Waals surface area contributed by atoms with Gasteiger partial charge in [0.1, 0.15) is 11.5 Å². The summed E-state index contributed by atoms with van der Waals surface area (Å²) in [6, 6.07) is 31.2. The summed E-state index contributed by atoms with van der Waals surface area (Å²) in [5.74, 6) is 0.163. The Balaban J connectivity index is 1.28. The molecule has 2 aliphatic rings. The molecule has 2 aromatic heterocycles. The molecule has 0 spiro atoms. The third kappa shape index (κ3) is 2.47. The Morgan fingerprint density at radius 2 is 1.60 bits per heavy atom. The van der Waals surface area contributed by atoms with E-state index in [1.807, 2.05) is 35.0 Å². The molecule has 2 nitrogen and oxygen atoms in total. The van der Waals surface area contributed by atoms with Crippen LogP contribution in [0, 0.1) is 5.82 Å². The number of nitrogens with one attached hydrogen (secondary N) is 1. The van der Waals surface area contributed by atoms with E-state index >= 15 is 4.39 Å². The molecule has 166 valence electrons. The number of nitrogens with zero attached hydrogens (tertiary/aromatic N) is 1. The average Bonchev–Trinajstić information content (AvgIpc) is 3.58. The van der Waals surface area contributed by atoms with Gasteiger partial charge < -0.3 is 4.98 Å². The first-order valence-corrected chi connectivity index (χ1v) is 12.1. The quantitative estimate of drug-likeness (QED) is 0.273. The van der Waals surface area contributed by atoms with E-state index < -0.39 is 0 Å². The van der Waals surface area contributed by atoms with E-state index in [9.17, 15) is 0 Å². The van der Waals surface area contributed by atoms with E-state index in [1.165, 1.54) is 27.8 Å². The molecular formula is C32H21FN2. The van der Waals surface area contributed by atoms with E-state index in [2.05, 4.69) is 71.7 Å². The van der Waals surface area contributed by atoms with Gasteiger partial charge in [0.25, 0.3) is 0 Å². The smallest absolute Gasteiger partial charge is 0.147 e. The summed E-state index contributed by atoms with van der Waals surface area (Å²) in [5.41, 5.74) is 11.2. The summed E-state index contributed by atoms with van der Waals surface area (Å²) in [6.07, 6.45) is 5.14. The van der Waals surface area contributed by atoms with E-state index in [0.717, 1.165) is 39.5 Å². The number of rotatable bonds is 2. The van der Waals surface area contributed by atoms with Gasteiger partial charge in [-0.25, -0.2) is 4.39 Å². The Morgan fingerprint density at radius 3 is 2.54 bits per heavy atom. The maximum Gasteiger partial charge on any atom is 0.147 e. The Labute approximate surface area is 202 Å². The third-order valence-electron chi connectivity index (χ3n) is 7.81. The van der Waals surface area contributed by atoms with Crippen LogP contribution in [0.3, 0.4) is 0 Å². The second-order valence-corrected chi connectivity index (χ2v) is 9.52. The summed E-state index contributed by atoms with van der Waals surface area (Å²) < 4.78 is 17.8. The Kier molecular flexibility index (Phi) is 3.71. The maximum absolute atomic E-state index is 15.8. The highest BCUT2D eigenvalue weighted by Crippen LogP contribution is 2.52. The zero-order chi connectivity index (χ0) is 23.1. The monoisotopic (exact) mass is 452 g/mol. The zero-order valence-electron chi connectivity index (χ0n) is 18.9. The molecule has 0 saturated carbocycles. The predicted molar refractivity (Wildman–Crippen MR) is 141 cm³/mol. The number of halogens is 1. The minimum Gasteiger partial charge on any atom is -0.347 e. The summed E-state index contributed by atoms with van der Waals surface area (Å²) in [6.45, 7) is 0. The van der Waals surface area contributed by atoms with Crippen LogP contribution < -0.4 is 0 Å². The van der Waals surface area contributed by atoms with Crippen LogP contribution in [-0.4, -0.2) is 9.55 Å². The molecule has 2 heterocycles. The lowest BCUT2D eigenvalue weighted by Gasteiger charge is -2.24. The number of hydrogen-bond donors (Lipinski definition) is 1. The molecule has 0 saturated heterocycles. The van der Waals surface area contributed by atoms with Crippen LogP contribution in [0.4, 0.5) is 4.39 Å². The second-order valence-electron chi connectivity index (χ2n) is 9.52. The molecule has 0 aliphatic heterocycles. The van der Waals surface area contributed by atoms with Crippen molar-refractivity contribution in [1.29, 1.82) is 0 Å². The molecule has 8 rings (SSSR count). The van der Waals surface area contributed by atoms with Crippen molar-refractivity contribution in [1.82, 2.24) is 9.55 Å².